The summed E-state index contributed by atoms with van der Waals surface area (Å²) in [5.74, 6) is 1.70. The van der Waals surface area contributed by atoms with Gasteiger partial charge in [0.15, 0.2) is 17.3 Å². The fourth-order valence-electron chi connectivity index (χ4n) is 3.68. The predicted octanol–water partition coefficient (Wildman–Crippen LogP) is 5.74. The second kappa shape index (κ2) is 8.73. The van der Waals surface area contributed by atoms with E-state index in [4.69, 9.17) is 21.1 Å². The molecular formula is C25H18ClNO4S. The van der Waals surface area contributed by atoms with Crippen molar-refractivity contribution < 1.29 is 19.1 Å². The fourth-order valence-corrected chi connectivity index (χ4v) is 5.05. The Kier molecular flexibility index (Phi) is 5.64. The van der Waals surface area contributed by atoms with E-state index < -0.39 is 0 Å². The molecule has 2 aliphatic rings. The highest BCUT2D eigenvalue weighted by Gasteiger charge is 2.34. The largest absolute Gasteiger partial charge is 0.454 e. The molecule has 7 heteroatoms. The van der Waals surface area contributed by atoms with Crippen molar-refractivity contribution in [3.63, 3.8) is 0 Å². The van der Waals surface area contributed by atoms with Crippen molar-refractivity contribution in [3.8, 4) is 11.5 Å². The highest BCUT2D eigenvalue weighted by atomic mass is 35.5. The van der Waals surface area contributed by atoms with Crippen molar-refractivity contribution in [2.45, 2.75) is 5.37 Å². The van der Waals surface area contributed by atoms with Gasteiger partial charge in [-0.05, 0) is 65.7 Å². The summed E-state index contributed by atoms with van der Waals surface area (Å²) in [4.78, 5) is 27.0. The van der Waals surface area contributed by atoms with E-state index in [0.29, 0.717) is 27.8 Å². The van der Waals surface area contributed by atoms with Crippen LogP contribution in [-0.4, -0.2) is 24.2 Å². The summed E-state index contributed by atoms with van der Waals surface area (Å²) in [6.45, 7) is 0.209. The zero-order chi connectivity index (χ0) is 22.1. The van der Waals surface area contributed by atoms with Crippen LogP contribution >= 0.6 is 23.4 Å². The first kappa shape index (κ1) is 20.7. The van der Waals surface area contributed by atoms with Crippen LogP contribution in [0, 0.1) is 0 Å². The Bertz CT molecular complexity index is 1220. The molecule has 0 aliphatic carbocycles. The quantitative estimate of drug-likeness (QED) is 0.356. The van der Waals surface area contributed by atoms with Gasteiger partial charge in [-0.25, -0.2) is 0 Å². The van der Waals surface area contributed by atoms with Crippen LogP contribution in [0.4, 0.5) is 5.69 Å². The SMILES string of the molecule is O=C(/C=C/c1cccc(Cl)c1)c1ccc(N2C(=O)CSC2c2ccc3c(c2)OCO3)cc1. The van der Waals surface area contributed by atoms with Crippen molar-refractivity contribution in [1.29, 1.82) is 0 Å². The van der Waals surface area contributed by atoms with E-state index in [-0.39, 0.29) is 23.9 Å². The summed E-state index contributed by atoms with van der Waals surface area (Å²) in [6, 6.07) is 20.1. The van der Waals surface area contributed by atoms with Crippen LogP contribution in [0.3, 0.4) is 0 Å². The number of ketones is 1. The van der Waals surface area contributed by atoms with Crippen LogP contribution in [-0.2, 0) is 4.79 Å². The number of carbonyl (C=O) groups excluding carboxylic acids is 2. The highest BCUT2D eigenvalue weighted by Crippen LogP contribution is 2.44. The number of thioether (sulfide) groups is 1. The highest BCUT2D eigenvalue weighted by molar-refractivity contribution is 8.00. The van der Waals surface area contributed by atoms with Gasteiger partial charge in [0.2, 0.25) is 12.7 Å². The molecule has 3 aromatic rings. The lowest BCUT2D eigenvalue weighted by atomic mass is 10.1. The zero-order valence-corrected chi connectivity index (χ0v) is 18.4. The molecule has 3 aromatic carbocycles. The molecule has 5 rings (SSSR count). The van der Waals surface area contributed by atoms with E-state index in [0.717, 1.165) is 16.8 Å². The topological polar surface area (TPSA) is 55.8 Å². The number of rotatable bonds is 5. The molecular weight excluding hydrogens is 446 g/mol. The number of carbonyl (C=O) groups is 2. The van der Waals surface area contributed by atoms with Crippen molar-refractivity contribution in [1.82, 2.24) is 0 Å². The summed E-state index contributed by atoms with van der Waals surface area (Å²) in [6.07, 6.45) is 3.26. The number of amides is 1. The van der Waals surface area contributed by atoms with Gasteiger partial charge in [0.1, 0.15) is 5.37 Å². The van der Waals surface area contributed by atoms with E-state index in [1.165, 1.54) is 6.08 Å². The number of ether oxygens (including phenoxy) is 2. The van der Waals surface area contributed by atoms with Crippen molar-refractivity contribution in [2.75, 3.05) is 17.4 Å². The van der Waals surface area contributed by atoms with Gasteiger partial charge >= 0.3 is 0 Å². The number of anilines is 1. The van der Waals surface area contributed by atoms with E-state index in [1.807, 2.05) is 42.5 Å². The summed E-state index contributed by atoms with van der Waals surface area (Å²) in [7, 11) is 0. The number of benzene rings is 3. The van der Waals surface area contributed by atoms with Crippen LogP contribution in [0.2, 0.25) is 5.02 Å². The molecule has 5 nitrogen and oxygen atoms in total. The monoisotopic (exact) mass is 463 g/mol. The summed E-state index contributed by atoms with van der Waals surface area (Å²) in [5, 5.41) is 0.454. The third-order valence-corrected chi connectivity index (χ3v) is 6.70. The van der Waals surface area contributed by atoms with Gasteiger partial charge in [-0.15, -0.1) is 11.8 Å². The molecule has 0 N–H and O–H groups in total. The normalized spacial score (nSPS) is 17.3. The minimum atomic E-state index is -0.165. The number of halogens is 1. The van der Waals surface area contributed by atoms with Crippen molar-refractivity contribution in [2.24, 2.45) is 0 Å². The number of nitrogens with zero attached hydrogens (tertiary/aromatic N) is 1. The van der Waals surface area contributed by atoms with Gasteiger partial charge in [-0.2, -0.15) is 0 Å². The van der Waals surface area contributed by atoms with Gasteiger partial charge in [0.05, 0.1) is 5.75 Å². The molecule has 1 atom stereocenters. The Morgan fingerprint density at radius 2 is 1.84 bits per heavy atom. The fraction of sp³-hybridized carbons (Fsp3) is 0.120. The van der Waals surface area contributed by atoms with Crippen LogP contribution in [0.5, 0.6) is 11.5 Å². The van der Waals surface area contributed by atoms with E-state index in [9.17, 15) is 9.59 Å². The lowest BCUT2D eigenvalue weighted by molar-refractivity contribution is -0.115. The predicted molar refractivity (Wildman–Crippen MR) is 127 cm³/mol. The molecule has 0 spiro atoms. The lowest BCUT2D eigenvalue weighted by Gasteiger charge is -2.24. The Morgan fingerprint density at radius 3 is 2.66 bits per heavy atom. The first-order chi connectivity index (χ1) is 15.6. The molecule has 0 aromatic heterocycles. The maximum Gasteiger partial charge on any atom is 0.238 e. The van der Waals surface area contributed by atoms with Crippen LogP contribution in [0.15, 0.2) is 72.8 Å². The molecule has 1 saturated heterocycles. The third-order valence-electron chi connectivity index (χ3n) is 5.26. The van der Waals surface area contributed by atoms with E-state index >= 15 is 0 Å². The van der Waals surface area contributed by atoms with Gasteiger partial charge < -0.3 is 9.47 Å². The van der Waals surface area contributed by atoms with Gasteiger partial charge in [-0.1, -0.05) is 35.9 Å². The molecule has 160 valence electrons. The molecule has 1 fully saturated rings. The Hall–Kier alpha value is -3.22. The first-order valence-corrected chi connectivity index (χ1v) is 11.4. The summed E-state index contributed by atoms with van der Waals surface area (Å²) >= 11 is 7.55. The summed E-state index contributed by atoms with van der Waals surface area (Å²) < 4.78 is 10.9. The van der Waals surface area contributed by atoms with Crippen LogP contribution in [0.25, 0.3) is 6.08 Å². The Morgan fingerprint density at radius 1 is 1.03 bits per heavy atom. The molecule has 0 bridgehead atoms. The number of hydrogen-bond acceptors (Lipinski definition) is 5. The Labute approximate surface area is 194 Å². The van der Waals surface area contributed by atoms with Crippen LogP contribution in [0.1, 0.15) is 26.9 Å². The molecule has 1 amide bonds. The summed E-state index contributed by atoms with van der Waals surface area (Å²) in [5.41, 5.74) is 3.12. The van der Waals surface area contributed by atoms with Gasteiger partial charge in [0, 0.05) is 16.3 Å². The number of allylic oxidation sites excluding steroid dienone is 1. The average Bonchev–Trinajstić information content (AvgIpc) is 3.43. The molecule has 2 heterocycles. The minimum Gasteiger partial charge on any atom is -0.454 e. The zero-order valence-electron chi connectivity index (χ0n) is 16.9. The number of hydrogen-bond donors (Lipinski definition) is 0. The maximum absolute atomic E-state index is 12.7. The Balaban J connectivity index is 1.35. The maximum atomic E-state index is 12.7. The smallest absolute Gasteiger partial charge is 0.238 e. The standard InChI is InChI=1S/C25H18ClNO4S/c26-19-3-1-2-16(12-19)4-10-21(28)17-5-8-20(9-6-17)27-24(29)14-32-25(27)18-7-11-22-23(13-18)31-15-30-22/h1-13,25H,14-15H2/b10-4+. The molecule has 1 unspecified atom stereocenters. The lowest BCUT2D eigenvalue weighted by Crippen LogP contribution is -2.27. The van der Waals surface area contributed by atoms with Crippen molar-refractivity contribution in [3.05, 3.63) is 94.5 Å². The number of fused-ring (bicyclic) bond motifs is 1. The third kappa shape index (κ3) is 4.11. The minimum absolute atomic E-state index is 0.0256. The molecule has 2 aliphatic heterocycles. The first-order valence-electron chi connectivity index (χ1n) is 10.00. The molecule has 0 radical (unpaired) electrons. The molecule has 0 saturated carbocycles. The molecule has 32 heavy (non-hydrogen) atoms. The van der Waals surface area contributed by atoms with E-state index in [1.54, 1.807) is 47.0 Å². The van der Waals surface area contributed by atoms with Crippen molar-refractivity contribution >= 4 is 46.8 Å². The van der Waals surface area contributed by atoms with Gasteiger partial charge in [-0.3, -0.25) is 14.5 Å². The second-order valence-electron chi connectivity index (χ2n) is 7.34. The van der Waals surface area contributed by atoms with Gasteiger partial charge in [0.25, 0.3) is 0 Å². The second-order valence-corrected chi connectivity index (χ2v) is 8.84. The van der Waals surface area contributed by atoms with E-state index in [2.05, 4.69) is 0 Å². The van der Waals surface area contributed by atoms with Crippen LogP contribution < -0.4 is 14.4 Å². The average molecular weight is 464 g/mol.